The molecular formula is C106H201F9O15Si3. The lowest BCUT2D eigenvalue weighted by Gasteiger charge is -2.39. The number of esters is 7. The SMILES string of the molecule is C.C.CCC(C)(C)C(=O)OC.CCC(C)(C)C(=O)OC(C)(C)C1CCC(C)CC1.CCC(C)(C)C(=O)OC(C)C(F)(F)F.CCC(C)(C)C(=O)OC1CCC(C(C)(C)C)CC1.CCC(C)(C)C(=O)OCCC[Si](C)(C)C.CCC(C)(C)C(=O)OCCC[Si](C)(C)C.CCC(C)(C)C(=O)OCC[Si](C)(C)C.CCC(C)c1ccccc1.OC(CC1CC2CCC1C2)(C(F)(F)F)C(F)(F)F. The fraction of sp³-hybridized carbons (Fsp3) is 0.877. The molecule has 4 aliphatic carbocycles. The van der Waals surface area contributed by atoms with Crippen molar-refractivity contribution in [3.8, 4) is 0 Å². The minimum atomic E-state index is -5.67. The second-order valence-electron chi connectivity index (χ2n) is 47.2. The van der Waals surface area contributed by atoms with Crippen molar-refractivity contribution >= 4 is 66.0 Å². The van der Waals surface area contributed by atoms with Crippen LogP contribution in [0.1, 0.15) is 382 Å². The van der Waals surface area contributed by atoms with E-state index in [1.807, 2.05) is 125 Å². The number of alkyl halides is 9. The third-order valence-corrected chi connectivity index (χ3v) is 33.0. The van der Waals surface area contributed by atoms with Gasteiger partial charge >= 0.3 is 60.3 Å². The lowest BCUT2D eigenvalue weighted by atomic mass is 9.72. The molecule has 0 radical (unpaired) electrons. The molecule has 1 aromatic rings. The Balaban J connectivity index is -0.000000343. The van der Waals surface area contributed by atoms with Crippen molar-refractivity contribution in [2.45, 2.75) is 495 Å². The molecule has 5 rings (SSSR count). The molecule has 1 N–H and O–H groups in total. The highest BCUT2D eigenvalue weighted by molar-refractivity contribution is 6.76. The van der Waals surface area contributed by atoms with E-state index in [-0.39, 0.29) is 107 Å². The Morgan fingerprint density at radius 1 is 0.421 bits per heavy atom. The zero-order valence-electron chi connectivity index (χ0n) is 90.2. The van der Waals surface area contributed by atoms with Crippen molar-refractivity contribution in [3.63, 3.8) is 0 Å². The van der Waals surface area contributed by atoms with Crippen LogP contribution in [0, 0.1) is 78.8 Å². The summed E-state index contributed by atoms with van der Waals surface area (Å²) in [5.74, 6) is 1.12. The van der Waals surface area contributed by atoms with Gasteiger partial charge in [0.1, 0.15) is 11.7 Å². The van der Waals surface area contributed by atoms with Gasteiger partial charge in [-0.25, -0.2) is 0 Å². The number of hydrogen-bond acceptors (Lipinski definition) is 15. The van der Waals surface area contributed by atoms with Gasteiger partial charge < -0.3 is 38.3 Å². The number of ether oxygens (including phenoxy) is 7. The van der Waals surface area contributed by atoms with E-state index < -0.39 is 78.2 Å². The monoisotopic (exact) mass is 1970 g/mol. The van der Waals surface area contributed by atoms with Gasteiger partial charge in [0.15, 0.2) is 6.10 Å². The average molecular weight is 1970 g/mol. The van der Waals surface area contributed by atoms with Crippen LogP contribution in [0.5, 0.6) is 0 Å². The summed E-state index contributed by atoms with van der Waals surface area (Å²) in [5, 5.41) is 9.12. The number of carbonyl (C=O) groups excluding carboxylic acids is 7. The van der Waals surface area contributed by atoms with Gasteiger partial charge in [-0.1, -0.05) is 225 Å². The summed E-state index contributed by atoms with van der Waals surface area (Å²) in [6.07, 6.45) is 1.71. The number of hydrogen-bond donors (Lipinski definition) is 1. The highest BCUT2D eigenvalue weighted by Gasteiger charge is 2.71. The second-order valence-corrected chi connectivity index (χ2v) is 64.1. The number of methoxy groups -OCH3 is 1. The van der Waals surface area contributed by atoms with Crippen molar-refractivity contribution < 1.29 is 111 Å². The average Bonchev–Trinajstić information content (AvgIpc) is 1.65. The number of rotatable bonds is 33. The van der Waals surface area contributed by atoms with E-state index in [0.717, 1.165) is 95.4 Å². The number of benzene rings is 1. The van der Waals surface area contributed by atoms with Crippen molar-refractivity contribution in [2.24, 2.45) is 78.8 Å². The van der Waals surface area contributed by atoms with E-state index in [0.29, 0.717) is 62.8 Å². The van der Waals surface area contributed by atoms with Gasteiger partial charge in [-0.05, 0) is 305 Å². The summed E-state index contributed by atoms with van der Waals surface area (Å²) in [5.41, 5.74) is -5.87. The standard InChI is InChI=1S/2C16H30O2.2C12H26O2Si.C11H14F6O.C11H24O2Si.C10H14.C9H15F3O2.C7H14O2.2CH4/c1-7-16(5,6)14(17)18-13-10-8-12(9-11-13)15(2,3)4;1-7-15(3,4)14(17)18-16(5,6)13-10-8-12(2)9-11-13;2*1-7-12(2,3)11(13)14-9-8-10-15(4,5)6;12-10(13,14)9(18,11(15,16)17)5-8-4-6-1-2-7(8)3-6;1-7-11(2,3)10(12)13-8-9-14(4,5)6;1-3-9(2)10-7-5-4-6-8-10;1-5-8(3,4)7(13)14-6(2)9(10,11)12;1-5-7(2,3)6(8)9-4;;/h2*12-13H,7-11H2,1-6H3;2*7-10H2,1-6H3;6-8,18H,1-5H2;7-9H2,1-6H3;4-9H,3H2,1-2H3;6H,5H2,1-4H3;5H2,1-4H3;2*1H4. The molecule has 2 bridgehead atoms. The first-order valence-corrected chi connectivity index (χ1v) is 60.3. The van der Waals surface area contributed by atoms with Crippen LogP contribution in [0.15, 0.2) is 30.3 Å². The Hall–Kier alpha value is -4.51. The molecule has 4 saturated carbocycles. The van der Waals surface area contributed by atoms with E-state index in [9.17, 15) is 73.1 Å². The van der Waals surface area contributed by atoms with Gasteiger partial charge in [-0.3, -0.25) is 33.6 Å². The largest absolute Gasteiger partial charge is 0.469 e. The molecule has 0 heterocycles. The maximum atomic E-state index is 12.5. The van der Waals surface area contributed by atoms with E-state index >= 15 is 0 Å². The van der Waals surface area contributed by atoms with E-state index in [1.165, 1.54) is 69.7 Å². The number of carbonyl (C=O) groups is 7. The van der Waals surface area contributed by atoms with Gasteiger partial charge in [0.25, 0.3) is 5.60 Å². The predicted octanol–water partition coefficient (Wildman–Crippen LogP) is 32.5. The molecule has 0 aromatic heterocycles. The maximum Gasteiger partial charge on any atom is 0.426 e. The van der Waals surface area contributed by atoms with Crippen LogP contribution < -0.4 is 0 Å². The zero-order chi connectivity index (χ0) is 104. The van der Waals surface area contributed by atoms with Gasteiger partial charge in [-0.2, -0.15) is 39.5 Å². The minimum absolute atomic E-state index is 0. The molecule has 0 spiro atoms. The van der Waals surface area contributed by atoms with E-state index in [2.05, 4.69) is 154 Å². The van der Waals surface area contributed by atoms with Gasteiger partial charge in [0.2, 0.25) is 0 Å². The lowest BCUT2D eigenvalue weighted by Crippen LogP contribution is -2.58. The van der Waals surface area contributed by atoms with E-state index in [1.54, 1.807) is 20.8 Å². The Morgan fingerprint density at radius 2 is 0.759 bits per heavy atom. The Morgan fingerprint density at radius 3 is 1.06 bits per heavy atom. The summed E-state index contributed by atoms with van der Waals surface area (Å²) in [7, 11) is -1.60. The predicted molar refractivity (Wildman–Crippen MR) is 541 cm³/mol. The number of fused-ring (bicyclic) bond motifs is 2. The van der Waals surface area contributed by atoms with Crippen LogP contribution in [0.3, 0.4) is 0 Å². The molecule has 0 amide bonds. The van der Waals surface area contributed by atoms with E-state index in [4.69, 9.17) is 28.8 Å². The molecule has 5 unspecified atom stereocenters. The maximum absolute atomic E-state index is 12.5. The second kappa shape index (κ2) is 60.6. The van der Waals surface area contributed by atoms with Gasteiger partial charge in [0, 0.05) is 24.2 Å². The molecule has 133 heavy (non-hydrogen) atoms. The van der Waals surface area contributed by atoms with Crippen LogP contribution >= 0.6 is 0 Å². The quantitative estimate of drug-likeness (QED) is 0.0228. The summed E-state index contributed by atoms with van der Waals surface area (Å²) in [4.78, 5) is 81.1. The molecule has 0 aliphatic heterocycles. The van der Waals surface area contributed by atoms with Gasteiger partial charge in [0.05, 0.1) is 64.8 Å². The third kappa shape index (κ3) is 56.5. The smallest absolute Gasteiger partial charge is 0.426 e. The summed E-state index contributed by atoms with van der Waals surface area (Å²) in [6, 6.07) is 14.1. The molecule has 27 heteroatoms. The molecule has 0 saturated heterocycles. The normalized spacial score (nSPS) is 19.0. The Kier molecular flexibility index (Phi) is 63.4. The van der Waals surface area contributed by atoms with Crippen molar-refractivity contribution in [2.75, 3.05) is 26.9 Å². The molecule has 4 fully saturated rings. The summed E-state index contributed by atoms with van der Waals surface area (Å²) in [6.45, 7) is 81.5. The fourth-order valence-electron chi connectivity index (χ4n) is 13.4. The minimum Gasteiger partial charge on any atom is -0.469 e. The first-order chi connectivity index (χ1) is 59.0. The van der Waals surface area contributed by atoms with Crippen molar-refractivity contribution in [1.82, 2.24) is 0 Å². The molecule has 790 valence electrons. The first kappa shape index (κ1) is 139. The highest BCUT2D eigenvalue weighted by Crippen LogP contribution is 2.56. The van der Waals surface area contributed by atoms with Crippen LogP contribution in [-0.4, -0.2) is 140 Å². The van der Waals surface area contributed by atoms with Crippen LogP contribution in [0.4, 0.5) is 39.5 Å². The zero-order valence-corrected chi connectivity index (χ0v) is 93.2. The Labute approximate surface area is 809 Å². The molecule has 4 aliphatic rings. The molecular weight excluding hydrogens is 1770 g/mol. The fourth-order valence-corrected chi connectivity index (χ4v) is 16.6. The third-order valence-electron chi connectivity index (χ3n) is 27.6. The van der Waals surface area contributed by atoms with Crippen LogP contribution in [0.25, 0.3) is 0 Å². The number of halogens is 9. The summed E-state index contributed by atoms with van der Waals surface area (Å²) < 4.78 is 147. The summed E-state index contributed by atoms with van der Waals surface area (Å²) >= 11 is 0. The lowest BCUT2D eigenvalue weighted by molar-refractivity contribution is -0.373. The number of aliphatic hydroxyl groups is 1. The molecule has 15 nitrogen and oxygen atoms in total. The van der Waals surface area contributed by atoms with Crippen LogP contribution in [0.2, 0.25) is 77.1 Å². The highest BCUT2D eigenvalue weighted by atomic mass is 28.3. The first-order valence-electron chi connectivity index (χ1n) is 49.2. The molecule has 1 aromatic carbocycles. The van der Waals surface area contributed by atoms with Crippen molar-refractivity contribution in [3.05, 3.63) is 35.9 Å². The van der Waals surface area contributed by atoms with Crippen molar-refractivity contribution in [1.29, 1.82) is 0 Å². The topological polar surface area (TPSA) is 204 Å². The Bertz CT molecular complexity index is 3320. The molecule has 5 atom stereocenters. The van der Waals surface area contributed by atoms with Crippen LogP contribution in [-0.2, 0) is 66.7 Å². The van der Waals surface area contributed by atoms with Gasteiger partial charge in [-0.15, -0.1) is 0 Å².